The Labute approximate surface area is 69.3 Å². The molecule has 0 radical (unpaired) electrons. The minimum Gasteiger partial charge on any atom is -0.360 e. The van der Waals surface area contributed by atoms with Crippen LogP contribution in [0.5, 0.6) is 0 Å². The molecule has 66 valence electrons. The van der Waals surface area contributed by atoms with Crippen LogP contribution in [0.15, 0.2) is 0 Å². The van der Waals surface area contributed by atoms with Crippen LogP contribution < -0.4 is 5.32 Å². The molecule has 0 amide bonds. The molecule has 1 fully saturated rings. The van der Waals surface area contributed by atoms with Crippen molar-refractivity contribution in [2.75, 3.05) is 6.61 Å². The summed E-state index contributed by atoms with van der Waals surface area (Å²) in [5, 5.41) is 3.45. The van der Waals surface area contributed by atoms with E-state index < -0.39 is 0 Å². The highest BCUT2D eigenvalue weighted by atomic mass is 16.5. The van der Waals surface area contributed by atoms with E-state index in [1.165, 1.54) is 0 Å². The highest BCUT2D eigenvalue weighted by Gasteiger charge is 2.37. The summed E-state index contributed by atoms with van der Waals surface area (Å²) in [5.41, 5.74) is 0.172. The first kappa shape index (κ1) is 9.01. The first-order chi connectivity index (χ1) is 4.81. The van der Waals surface area contributed by atoms with Crippen molar-refractivity contribution in [2.45, 2.75) is 46.4 Å². The van der Waals surface area contributed by atoms with E-state index >= 15 is 0 Å². The fourth-order valence-electron chi connectivity index (χ4n) is 1.26. The third-order valence-corrected chi connectivity index (χ3v) is 2.18. The number of nitrogens with one attached hydrogen (secondary N) is 1. The smallest absolute Gasteiger partial charge is 0.113 e. The van der Waals surface area contributed by atoms with Crippen LogP contribution in [-0.4, -0.2) is 18.4 Å². The summed E-state index contributed by atoms with van der Waals surface area (Å²) in [6.07, 6.45) is 0. The lowest BCUT2D eigenvalue weighted by Crippen LogP contribution is -2.44. The Morgan fingerprint density at radius 3 is 2.09 bits per heavy atom. The summed E-state index contributed by atoms with van der Waals surface area (Å²) in [7, 11) is 0. The molecule has 0 spiro atoms. The lowest BCUT2D eigenvalue weighted by molar-refractivity contribution is 0.0228. The van der Waals surface area contributed by atoms with Gasteiger partial charge in [0.15, 0.2) is 0 Å². The normalized spacial score (nSPS) is 30.8. The molecule has 11 heavy (non-hydrogen) atoms. The minimum absolute atomic E-state index is 0.127. The highest BCUT2D eigenvalue weighted by molar-refractivity contribution is 4.89. The largest absolute Gasteiger partial charge is 0.360 e. The summed E-state index contributed by atoms with van der Waals surface area (Å²) in [6, 6.07) is 0.484. The summed E-state index contributed by atoms with van der Waals surface area (Å²) < 4.78 is 5.57. The standard InChI is InChI=1S/C9H19NO/c1-8(2,3)7-6-11-9(4,5)10-7/h7,10H,6H2,1-5H3/t7-/m1/s1. The Bertz CT molecular complexity index is 146. The molecular weight excluding hydrogens is 138 g/mol. The summed E-state index contributed by atoms with van der Waals surface area (Å²) in [6.45, 7) is 11.7. The third-order valence-electron chi connectivity index (χ3n) is 2.18. The van der Waals surface area contributed by atoms with Crippen molar-refractivity contribution in [2.24, 2.45) is 5.41 Å². The van der Waals surface area contributed by atoms with Crippen molar-refractivity contribution in [1.82, 2.24) is 5.32 Å². The Morgan fingerprint density at radius 2 is 1.91 bits per heavy atom. The van der Waals surface area contributed by atoms with E-state index in [0.29, 0.717) is 11.5 Å². The topological polar surface area (TPSA) is 21.3 Å². The van der Waals surface area contributed by atoms with Gasteiger partial charge in [-0.1, -0.05) is 20.8 Å². The second-order valence-corrected chi connectivity index (χ2v) is 4.88. The van der Waals surface area contributed by atoms with Gasteiger partial charge in [0.1, 0.15) is 5.72 Å². The van der Waals surface area contributed by atoms with Gasteiger partial charge in [-0.05, 0) is 19.3 Å². The lowest BCUT2D eigenvalue weighted by atomic mass is 9.87. The second kappa shape index (κ2) is 2.46. The Morgan fingerprint density at radius 1 is 1.36 bits per heavy atom. The zero-order valence-corrected chi connectivity index (χ0v) is 8.19. The molecule has 1 aliphatic heterocycles. The zero-order chi connectivity index (χ0) is 8.70. The Hall–Kier alpha value is -0.0800. The monoisotopic (exact) mass is 157 g/mol. The SMILES string of the molecule is CC1(C)N[C@@H](C(C)(C)C)CO1. The summed E-state index contributed by atoms with van der Waals surface area (Å²) in [4.78, 5) is 0. The highest BCUT2D eigenvalue weighted by Crippen LogP contribution is 2.27. The van der Waals surface area contributed by atoms with Crippen LogP contribution in [0.25, 0.3) is 0 Å². The Kier molecular flexibility index (Phi) is 2.01. The predicted molar refractivity (Wildman–Crippen MR) is 46.4 cm³/mol. The van der Waals surface area contributed by atoms with E-state index in [1.54, 1.807) is 0 Å². The molecule has 2 heteroatoms. The molecule has 1 N–H and O–H groups in total. The van der Waals surface area contributed by atoms with Gasteiger partial charge < -0.3 is 4.74 Å². The van der Waals surface area contributed by atoms with Crippen molar-refractivity contribution < 1.29 is 4.74 Å². The van der Waals surface area contributed by atoms with Crippen molar-refractivity contribution in [3.8, 4) is 0 Å². The van der Waals surface area contributed by atoms with Gasteiger partial charge >= 0.3 is 0 Å². The molecule has 2 nitrogen and oxygen atoms in total. The quantitative estimate of drug-likeness (QED) is 0.578. The molecule has 0 saturated carbocycles. The number of rotatable bonds is 0. The number of hydrogen-bond acceptors (Lipinski definition) is 2. The van der Waals surface area contributed by atoms with Gasteiger partial charge in [0.05, 0.1) is 6.61 Å². The zero-order valence-electron chi connectivity index (χ0n) is 8.19. The van der Waals surface area contributed by atoms with Gasteiger partial charge in [-0.25, -0.2) is 0 Å². The van der Waals surface area contributed by atoms with Crippen LogP contribution in [0.3, 0.4) is 0 Å². The molecule has 0 aromatic heterocycles. The van der Waals surface area contributed by atoms with Gasteiger partial charge in [0.25, 0.3) is 0 Å². The van der Waals surface area contributed by atoms with E-state index in [1.807, 2.05) is 0 Å². The second-order valence-electron chi connectivity index (χ2n) is 4.88. The van der Waals surface area contributed by atoms with Crippen LogP contribution >= 0.6 is 0 Å². The average molecular weight is 157 g/mol. The van der Waals surface area contributed by atoms with Crippen molar-refractivity contribution in [1.29, 1.82) is 0 Å². The summed E-state index contributed by atoms with van der Waals surface area (Å²) in [5.74, 6) is 0. The molecule has 0 bridgehead atoms. The van der Waals surface area contributed by atoms with Crippen molar-refractivity contribution in [3.05, 3.63) is 0 Å². The lowest BCUT2D eigenvalue weighted by Gasteiger charge is -2.27. The average Bonchev–Trinajstić information content (AvgIpc) is 2.07. The van der Waals surface area contributed by atoms with Crippen molar-refractivity contribution in [3.63, 3.8) is 0 Å². The van der Waals surface area contributed by atoms with Crippen LogP contribution in [0.2, 0.25) is 0 Å². The van der Waals surface area contributed by atoms with Gasteiger partial charge in [0.2, 0.25) is 0 Å². The van der Waals surface area contributed by atoms with Gasteiger partial charge in [-0.3, -0.25) is 5.32 Å². The molecule has 0 aliphatic carbocycles. The summed E-state index contributed by atoms with van der Waals surface area (Å²) >= 11 is 0. The predicted octanol–water partition coefficient (Wildman–Crippen LogP) is 1.76. The molecule has 1 heterocycles. The van der Waals surface area contributed by atoms with E-state index in [2.05, 4.69) is 39.9 Å². The van der Waals surface area contributed by atoms with Gasteiger partial charge in [-0.15, -0.1) is 0 Å². The molecule has 0 unspecified atom stereocenters. The molecule has 1 atom stereocenters. The molecule has 0 aromatic carbocycles. The first-order valence-corrected chi connectivity index (χ1v) is 4.23. The molecule has 1 saturated heterocycles. The Balaban J connectivity index is 2.55. The van der Waals surface area contributed by atoms with E-state index in [4.69, 9.17) is 4.74 Å². The van der Waals surface area contributed by atoms with Gasteiger partial charge in [-0.2, -0.15) is 0 Å². The fraction of sp³-hybridized carbons (Fsp3) is 1.00. The number of ether oxygens (including phenoxy) is 1. The minimum atomic E-state index is -0.127. The molecular formula is C9H19NO. The van der Waals surface area contributed by atoms with E-state index in [0.717, 1.165) is 6.61 Å². The maximum absolute atomic E-state index is 5.57. The van der Waals surface area contributed by atoms with Crippen LogP contribution in [0.1, 0.15) is 34.6 Å². The van der Waals surface area contributed by atoms with Crippen LogP contribution in [0.4, 0.5) is 0 Å². The van der Waals surface area contributed by atoms with Crippen LogP contribution in [-0.2, 0) is 4.74 Å². The van der Waals surface area contributed by atoms with Crippen LogP contribution in [0, 0.1) is 5.41 Å². The fourth-order valence-corrected chi connectivity index (χ4v) is 1.26. The van der Waals surface area contributed by atoms with Gasteiger partial charge in [0, 0.05) is 6.04 Å². The maximum Gasteiger partial charge on any atom is 0.113 e. The third kappa shape index (κ3) is 2.17. The maximum atomic E-state index is 5.57. The number of hydrogen-bond donors (Lipinski definition) is 1. The molecule has 1 rings (SSSR count). The first-order valence-electron chi connectivity index (χ1n) is 4.23. The molecule has 1 aliphatic rings. The van der Waals surface area contributed by atoms with Crippen molar-refractivity contribution >= 4 is 0 Å². The van der Waals surface area contributed by atoms with E-state index in [9.17, 15) is 0 Å². The molecule has 0 aromatic rings. The van der Waals surface area contributed by atoms with E-state index in [-0.39, 0.29) is 5.72 Å².